The van der Waals surface area contributed by atoms with Crippen molar-refractivity contribution in [1.82, 2.24) is 10.2 Å². The first-order valence-corrected chi connectivity index (χ1v) is 6.82. The van der Waals surface area contributed by atoms with Crippen molar-refractivity contribution in [2.24, 2.45) is 11.8 Å². The van der Waals surface area contributed by atoms with Crippen LogP contribution in [0.4, 0.5) is 0 Å². The van der Waals surface area contributed by atoms with Crippen molar-refractivity contribution in [2.45, 2.75) is 46.1 Å². The summed E-state index contributed by atoms with van der Waals surface area (Å²) in [6.45, 7) is 10.3. The number of rotatable bonds is 4. The number of nitriles is 1. The number of hydrogen-bond acceptors (Lipinski definition) is 3. The van der Waals surface area contributed by atoms with Gasteiger partial charge in [-0.25, -0.2) is 0 Å². The Morgan fingerprint density at radius 2 is 2.06 bits per heavy atom. The highest BCUT2D eigenvalue weighted by molar-refractivity contribution is 5.79. The molecule has 0 aromatic heterocycles. The first-order valence-electron chi connectivity index (χ1n) is 6.82. The van der Waals surface area contributed by atoms with E-state index in [1.807, 2.05) is 13.8 Å². The van der Waals surface area contributed by atoms with Crippen LogP contribution < -0.4 is 5.32 Å². The zero-order valence-corrected chi connectivity index (χ0v) is 12.0. The molecule has 1 rings (SSSR count). The summed E-state index contributed by atoms with van der Waals surface area (Å²) in [7, 11) is 0. The monoisotopic (exact) mass is 251 g/mol. The molecule has 1 heterocycles. The van der Waals surface area contributed by atoms with E-state index in [2.05, 4.69) is 23.2 Å². The number of piperidine rings is 1. The standard InChI is InChI=1S/C14H25N3O/c1-11(2)14(4,10-15)16-13(18)9-17-7-5-12(3)6-8-17/h11-12H,5-9H2,1-4H3,(H,16,18)/t14-/m1/s1. The number of carbonyl (C=O) groups excluding carboxylic acids is 1. The van der Waals surface area contributed by atoms with Gasteiger partial charge in [-0.1, -0.05) is 20.8 Å². The SMILES string of the molecule is CC1CCN(CC(=O)N[C@](C)(C#N)C(C)C)CC1. The van der Waals surface area contributed by atoms with Crippen LogP contribution in [-0.2, 0) is 4.79 Å². The van der Waals surface area contributed by atoms with Gasteiger partial charge in [-0.15, -0.1) is 0 Å². The Morgan fingerprint density at radius 3 is 2.50 bits per heavy atom. The fourth-order valence-corrected chi connectivity index (χ4v) is 2.05. The molecule has 1 atom stereocenters. The van der Waals surface area contributed by atoms with Crippen LogP contribution in [0.2, 0.25) is 0 Å². The highest BCUT2D eigenvalue weighted by Crippen LogP contribution is 2.17. The molecule has 1 fully saturated rings. The van der Waals surface area contributed by atoms with Gasteiger partial charge >= 0.3 is 0 Å². The molecule has 18 heavy (non-hydrogen) atoms. The lowest BCUT2D eigenvalue weighted by molar-refractivity contribution is -0.124. The maximum absolute atomic E-state index is 12.0. The van der Waals surface area contributed by atoms with Crippen LogP contribution in [0.25, 0.3) is 0 Å². The van der Waals surface area contributed by atoms with Gasteiger partial charge in [0.2, 0.25) is 5.91 Å². The molecule has 4 heteroatoms. The van der Waals surface area contributed by atoms with Gasteiger partial charge in [0.25, 0.3) is 0 Å². The van der Waals surface area contributed by atoms with Crippen LogP contribution in [0.5, 0.6) is 0 Å². The maximum Gasteiger partial charge on any atom is 0.235 e. The summed E-state index contributed by atoms with van der Waals surface area (Å²) in [5.74, 6) is 0.833. The zero-order chi connectivity index (χ0) is 13.8. The minimum Gasteiger partial charge on any atom is -0.337 e. The number of nitrogens with zero attached hydrogens (tertiary/aromatic N) is 2. The van der Waals surface area contributed by atoms with Gasteiger partial charge < -0.3 is 5.32 Å². The molecular formula is C14H25N3O. The highest BCUT2D eigenvalue weighted by Gasteiger charge is 2.30. The highest BCUT2D eigenvalue weighted by atomic mass is 16.2. The Labute approximate surface area is 110 Å². The fraction of sp³-hybridized carbons (Fsp3) is 0.857. The van der Waals surface area contributed by atoms with Crippen molar-refractivity contribution in [3.05, 3.63) is 0 Å². The van der Waals surface area contributed by atoms with E-state index in [1.165, 1.54) is 0 Å². The predicted molar refractivity (Wildman–Crippen MR) is 71.8 cm³/mol. The van der Waals surface area contributed by atoms with Crippen molar-refractivity contribution in [1.29, 1.82) is 5.26 Å². The molecule has 0 bridgehead atoms. The smallest absolute Gasteiger partial charge is 0.235 e. The van der Waals surface area contributed by atoms with E-state index in [9.17, 15) is 4.79 Å². The van der Waals surface area contributed by atoms with E-state index >= 15 is 0 Å². The number of carbonyl (C=O) groups is 1. The number of likely N-dealkylation sites (tertiary alicyclic amines) is 1. The lowest BCUT2D eigenvalue weighted by Crippen LogP contribution is -2.52. The van der Waals surface area contributed by atoms with Gasteiger partial charge in [0.1, 0.15) is 5.54 Å². The second-order valence-corrected chi connectivity index (χ2v) is 5.98. The minimum absolute atomic E-state index is 0.0395. The fourth-order valence-electron chi connectivity index (χ4n) is 2.05. The summed E-state index contributed by atoms with van der Waals surface area (Å²) in [5, 5.41) is 12.0. The summed E-state index contributed by atoms with van der Waals surface area (Å²) in [5.41, 5.74) is -0.764. The van der Waals surface area contributed by atoms with Crippen molar-refractivity contribution in [2.75, 3.05) is 19.6 Å². The second-order valence-electron chi connectivity index (χ2n) is 5.98. The first-order chi connectivity index (χ1) is 8.37. The molecule has 0 saturated carbocycles. The third kappa shape index (κ3) is 3.99. The molecule has 0 aromatic carbocycles. The molecule has 1 N–H and O–H groups in total. The summed E-state index contributed by atoms with van der Waals surface area (Å²) in [4.78, 5) is 14.1. The van der Waals surface area contributed by atoms with Crippen LogP contribution >= 0.6 is 0 Å². The van der Waals surface area contributed by atoms with E-state index in [0.717, 1.165) is 31.8 Å². The van der Waals surface area contributed by atoms with E-state index in [0.29, 0.717) is 6.54 Å². The van der Waals surface area contributed by atoms with Gasteiger partial charge in [-0.05, 0) is 44.7 Å². The van der Waals surface area contributed by atoms with Crippen molar-refractivity contribution < 1.29 is 4.79 Å². The van der Waals surface area contributed by atoms with Gasteiger partial charge in [0.15, 0.2) is 0 Å². The van der Waals surface area contributed by atoms with E-state index < -0.39 is 5.54 Å². The average molecular weight is 251 g/mol. The third-order valence-electron chi connectivity index (χ3n) is 4.03. The van der Waals surface area contributed by atoms with Crippen LogP contribution in [-0.4, -0.2) is 36.0 Å². The molecule has 0 spiro atoms. The quantitative estimate of drug-likeness (QED) is 0.828. The van der Waals surface area contributed by atoms with Crippen molar-refractivity contribution >= 4 is 5.91 Å². The van der Waals surface area contributed by atoms with Crippen LogP contribution in [0, 0.1) is 23.2 Å². The molecule has 0 radical (unpaired) electrons. The van der Waals surface area contributed by atoms with Gasteiger partial charge in [0, 0.05) is 0 Å². The summed E-state index contributed by atoms with van der Waals surface area (Å²) >= 11 is 0. The summed E-state index contributed by atoms with van der Waals surface area (Å²) in [6, 6.07) is 2.20. The molecule has 0 aliphatic carbocycles. The van der Waals surface area contributed by atoms with Crippen LogP contribution in [0.15, 0.2) is 0 Å². The van der Waals surface area contributed by atoms with Crippen LogP contribution in [0.1, 0.15) is 40.5 Å². The van der Waals surface area contributed by atoms with Gasteiger partial charge in [-0.2, -0.15) is 5.26 Å². The number of hydrogen-bond donors (Lipinski definition) is 1. The van der Waals surface area contributed by atoms with Gasteiger partial charge in [0.05, 0.1) is 12.6 Å². The van der Waals surface area contributed by atoms with Gasteiger partial charge in [-0.3, -0.25) is 9.69 Å². The minimum atomic E-state index is -0.764. The average Bonchev–Trinajstić information content (AvgIpc) is 2.31. The number of amides is 1. The zero-order valence-electron chi connectivity index (χ0n) is 12.0. The molecule has 102 valence electrons. The molecule has 1 aliphatic rings. The summed E-state index contributed by atoms with van der Waals surface area (Å²) < 4.78 is 0. The Balaban J connectivity index is 2.44. The number of nitrogens with one attached hydrogen (secondary N) is 1. The molecule has 1 aliphatic heterocycles. The largest absolute Gasteiger partial charge is 0.337 e. The first kappa shape index (κ1) is 15.0. The van der Waals surface area contributed by atoms with Crippen molar-refractivity contribution in [3.63, 3.8) is 0 Å². The Kier molecular flexibility index (Phi) is 5.15. The van der Waals surface area contributed by atoms with Crippen molar-refractivity contribution in [3.8, 4) is 6.07 Å². The van der Waals surface area contributed by atoms with E-state index in [4.69, 9.17) is 5.26 Å². The Bertz CT molecular complexity index is 326. The maximum atomic E-state index is 12.0. The predicted octanol–water partition coefficient (Wildman–Crippen LogP) is 1.77. The van der Waals surface area contributed by atoms with E-state index in [-0.39, 0.29) is 11.8 Å². The van der Waals surface area contributed by atoms with Crippen LogP contribution in [0.3, 0.4) is 0 Å². The third-order valence-corrected chi connectivity index (χ3v) is 4.03. The molecular weight excluding hydrogens is 226 g/mol. The molecule has 1 amide bonds. The molecule has 0 unspecified atom stereocenters. The molecule has 0 aromatic rings. The lowest BCUT2D eigenvalue weighted by atomic mass is 9.90. The second kappa shape index (κ2) is 6.19. The Morgan fingerprint density at radius 1 is 1.50 bits per heavy atom. The normalized spacial score (nSPS) is 21.3. The molecule has 4 nitrogen and oxygen atoms in total. The Hall–Kier alpha value is -1.08. The topological polar surface area (TPSA) is 56.1 Å². The van der Waals surface area contributed by atoms with E-state index in [1.54, 1.807) is 6.92 Å². The molecule has 1 saturated heterocycles. The summed E-state index contributed by atoms with van der Waals surface area (Å²) in [6.07, 6.45) is 2.32. The lowest BCUT2D eigenvalue weighted by Gasteiger charge is -2.32.